The van der Waals surface area contributed by atoms with Gasteiger partial charge in [0.05, 0.1) is 17.5 Å². The second-order valence-corrected chi connectivity index (χ2v) is 4.97. The van der Waals surface area contributed by atoms with Gasteiger partial charge in [-0.2, -0.15) is 5.10 Å². The third-order valence-corrected chi connectivity index (χ3v) is 3.28. The smallest absolute Gasteiger partial charge is 0.252 e. The van der Waals surface area contributed by atoms with E-state index in [9.17, 15) is 4.79 Å². The molecular weight excluding hydrogens is 278 g/mol. The van der Waals surface area contributed by atoms with Crippen LogP contribution in [0.3, 0.4) is 0 Å². The highest BCUT2D eigenvalue weighted by Gasteiger charge is 2.12. The van der Waals surface area contributed by atoms with Crippen molar-refractivity contribution in [3.8, 4) is 22.8 Å². The van der Waals surface area contributed by atoms with Crippen LogP contribution in [0.4, 0.5) is 0 Å². The topological polar surface area (TPSA) is 81.0 Å². The number of hydrogen-bond donors (Lipinski definition) is 2. The standard InChI is InChI=1S/C17H15N3O2/c1-11-5-7-13(8-6-11)22-14-4-2-3-12(9-14)16-15(17(18)21)10-19-20-16/h2-10H,1H3,(H2,18,21)(H,19,20). The molecule has 0 fully saturated rings. The van der Waals surface area contributed by atoms with Crippen LogP contribution in [0.15, 0.2) is 54.7 Å². The van der Waals surface area contributed by atoms with Gasteiger partial charge in [-0.05, 0) is 31.2 Å². The number of carbonyl (C=O) groups excluding carboxylic acids is 1. The van der Waals surface area contributed by atoms with Gasteiger partial charge in [-0.1, -0.05) is 29.8 Å². The summed E-state index contributed by atoms with van der Waals surface area (Å²) in [7, 11) is 0. The number of nitrogens with one attached hydrogen (secondary N) is 1. The number of amides is 1. The molecule has 0 atom stereocenters. The van der Waals surface area contributed by atoms with Crippen LogP contribution in [0.2, 0.25) is 0 Å². The average molecular weight is 293 g/mol. The Morgan fingerprint density at radius 2 is 1.91 bits per heavy atom. The van der Waals surface area contributed by atoms with Crippen molar-refractivity contribution >= 4 is 5.91 Å². The summed E-state index contributed by atoms with van der Waals surface area (Å²) in [5.41, 5.74) is 8.24. The van der Waals surface area contributed by atoms with Gasteiger partial charge in [0, 0.05) is 5.56 Å². The van der Waals surface area contributed by atoms with Crippen molar-refractivity contribution in [2.24, 2.45) is 5.73 Å². The summed E-state index contributed by atoms with van der Waals surface area (Å²) in [6, 6.07) is 15.2. The lowest BCUT2D eigenvalue weighted by molar-refractivity contribution is 0.100. The van der Waals surface area contributed by atoms with E-state index in [0.717, 1.165) is 11.3 Å². The van der Waals surface area contributed by atoms with Crippen LogP contribution in [0, 0.1) is 6.92 Å². The number of benzene rings is 2. The fraction of sp³-hybridized carbons (Fsp3) is 0.0588. The third-order valence-electron chi connectivity index (χ3n) is 3.28. The van der Waals surface area contributed by atoms with Gasteiger partial charge in [0.25, 0.3) is 5.91 Å². The second kappa shape index (κ2) is 5.73. The van der Waals surface area contributed by atoms with E-state index in [4.69, 9.17) is 10.5 Å². The first-order valence-electron chi connectivity index (χ1n) is 6.81. The van der Waals surface area contributed by atoms with Crippen LogP contribution in [0.25, 0.3) is 11.3 Å². The Kier molecular flexibility index (Phi) is 3.62. The molecule has 3 N–H and O–H groups in total. The molecule has 0 radical (unpaired) electrons. The number of aromatic nitrogens is 2. The predicted octanol–water partition coefficient (Wildman–Crippen LogP) is 3.28. The van der Waals surface area contributed by atoms with E-state index < -0.39 is 5.91 Å². The Bertz CT molecular complexity index is 807. The number of nitrogens with two attached hydrogens (primary N) is 1. The molecule has 110 valence electrons. The van der Waals surface area contributed by atoms with E-state index in [1.807, 2.05) is 55.5 Å². The highest BCUT2D eigenvalue weighted by molar-refractivity contribution is 5.98. The number of hydrogen-bond acceptors (Lipinski definition) is 3. The maximum Gasteiger partial charge on any atom is 0.252 e. The van der Waals surface area contributed by atoms with Crippen LogP contribution in [0.5, 0.6) is 11.5 Å². The number of aromatic amines is 1. The van der Waals surface area contributed by atoms with Crippen LogP contribution in [-0.2, 0) is 0 Å². The molecule has 0 aliphatic rings. The Hall–Kier alpha value is -3.08. The summed E-state index contributed by atoms with van der Waals surface area (Å²) in [5, 5.41) is 6.67. The number of carbonyl (C=O) groups is 1. The van der Waals surface area contributed by atoms with E-state index in [2.05, 4.69) is 10.2 Å². The monoisotopic (exact) mass is 293 g/mol. The van der Waals surface area contributed by atoms with Gasteiger partial charge >= 0.3 is 0 Å². The molecule has 0 saturated carbocycles. The summed E-state index contributed by atoms with van der Waals surface area (Å²) in [6.45, 7) is 2.02. The molecule has 3 aromatic rings. The van der Waals surface area contributed by atoms with Crippen molar-refractivity contribution in [3.63, 3.8) is 0 Å². The number of ether oxygens (including phenoxy) is 1. The highest BCUT2D eigenvalue weighted by Crippen LogP contribution is 2.28. The van der Waals surface area contributed by atoms with E-state index >= 15 is 0 Å². The summed E-state index contributed by atoms with van der Waals surface area (Å²) < 4.78 is 5.82. The fourth-order valence-electron chi connectivity index (χ4n) is 2.15. The van der Waals surface area contributed by atoms with E-state index in [1.54, 1.807) is 0 Å². The molecule has 5 heteroatoms. The molecule has 0 aliphatic heterocycles. The molecule has 1 aromatic heterocycles. The number of H-pyrrole nitrogens is 1. The minimum absolute atomic E-state index is 0.354. The molecule has 0 aliphatic carbocycles. The summed E-state index contributed by atoms with van der Waals surface area (Å²) >= 11 is 0. The number of primary amides is 1. The molecule has 0 bridgehead atoms. The molecule has 5 nitrogen and oxygen atoms in total. The summed E-state index contributed by atoms with van der Waals surface area (Å²) in [4.78, 5) is 11.4. The zero-order chi connectivity index (χ0) is 15.5. The Labute approximate surface area is 127 Å². The SMILES string of the molecule is Cc1ccc(Oc2cccc(-c3[nH]ncc3C(N)=O)c2)cc1. The largest absolute Gasteiger partial charge is 0.457 e. The van der Waals surface area contributed by atoms with Gasteiger partial charge < -0.3 is 10.5 Å². The van der Waals surface area contributed by atoms with E-state index in [1.165, 1.54) is 11.8 Å². The summed E-state index contributed by atoms with van der Waals surface area (Å²) in [5.74, 6) is 0.905. The summed E-state index contributed by atoms with van der Waals surface area (Å²) in [6.07, 6.45) is 1.42. The van der Waals surface area contributed by atoms with Gasteiger partial charge in [-0.25, -0.2) is 0 Å². The average Bonchev–Trinajstić information content (AvgIpc) is 3.00. The Morgan fingerprint density at radius 3 is 2.64 bits per heavy atom. The van der Waals surface area contributed by atoms with Gasteiger partial charge in [-0.15, -0.1) is 0 Å². The van der Waals surface area contributed by atoms with Crippen molar-refractivity contribution in [1.82, 2.24) is 10.2 Å². The zero-order valence-corrected chi connectivity index (χ0v) is 12.0. The van der Waals surface area contributed by atoms with E-state index in [-0.39, 0.29) is 0 Å². The molecule has 1 heterocycles. The van der Waals surface area contributed by atoms with Gasteiger partial charge in [-0.3, -0.25) is 9.89 Å². The minimum atomic E-state index is -0.520. The van der Waals surface area contributed by atoms with Crippen molar-refractivity contribution in [1.29, 1.82) is 0 Å². The normalized spacial score (nSPS) is 10.4. The minimum Gasteiger partial charge on any atom is -0.457 e. The third kappa shape index (κ3) is 2.83. The van der Waals surface area contributed by atoms with E-state index in [0.29, 0.717) is 17.0 Å². The number of aryl methyl sites for hydroxylation is 1. The zero-order valence-electron chi connectivity index (χ0n) is 12.0. The van der Waals surface area contributed by atoms with Crippen molar-refractivity contribution in [2.75, 3.05) is 0 Å². The Morgan fingerprint density at radius 1 is 1.14 bits per heavy atom. The molecular formula is C17H15N3O2. The molecule has 1 amide bonds. The van der Waals surface area contributed by atoms with Crippen LogP contribution in [-0.4, -0.2) is 16.1 Å². The van der Waals surface area contributed by atoms with Crippen LogP contribution in [0.1, 0.15) is 15.9 Å². The lowest BCUT2D eigenvalue weighted by Crippen LogP contribution is -2.11. The lowest BCUT2D eigenvalue weighted by Gasteiger charge is -2.08. The van der Waals surface area contributed by atoms with Gasteiger partial charge in [0.1, 0.15) is 11.5 Å². The number of rotatable bonds is 4. The van der Waals surface area contributed by atoms with Crippen LogP contribution >= 0.6 is 0 Å². The molecule has 0 saturated heterocycles. The Balaban J connectivity index is 1.91. The van der Waals surface area contributed by atoms with Crippen molar-refractivity contribution < 1.29 is 9.53 Å². The fourth-order valence-corrected chi connectivity index (χ4v) is 2.15. The van der Waals surface area contributed by atoms with Crippen molar-refractivity contribution in [2.45, 2.75) is 6.92 Å². The first-order chi connectivity index (χ1) is 10.6. The maximum atomic E-state index is 11.4. The maximum absolute atomic E-state index is 11.4. The van der Waals surface area contributed by atoms with Crippen LogP contribution < -0.4 is 10.5 Å². The molecule has 2 aromatic carbocycles. The molecule has 22 heavy (non-hydrogen) atoms. The number of nitrogens with zero attached hydrogens (tertiary/aromatic N) is 1. The highest BCUT2D eigenvalue weighted by atomic mass is 16.5. The first-order valence-corrected chi connectivity index (χ1v) is 6.81. The molecule has 0 unspecified atom stereocenters. The molecule has 0 spiro atoms. The lowest BCUT2D eigenvalue weighted by atomic mass is 10.1. The second-order valence-electron chi connectivity index (χ2n) is 4.97. The quantitative estimate of drug-likeness (QED) is 0.774. The molecule has 3 rings (SSSR count). The van der Waals surface area contributed by atoms with Gasteiger partial charge in [0.2, 0.25) is 0 Å². The first kappa shape index (κ1) is 13.9. The predicted molar refractivity (Wildman–Crippen MR) is 83.8 cm³/mol. The van der Waals surface area contributed by atoms with Gasteiger partial charge in [0.15, 0.2) is 0 Å². The van der Waals surface area contributed by atoms with Crippen molar-refractivity contribution in [3.05, 3.63) is 65.9 Å².